The standard InChI is InChI=1S/C19H20BrN3O2/c20-15-8-4-9-16(12-15)22-19(21-13-17-10-5-11-25-17)23-18(24)14-6-2-1-3-7-14/h1-4,6-9,12,17H,5,10-11,13H2,(H2,21,22,23,24)/t17-/m1/s1. The summed E-state index contributed by atoms with van der Waals surface area (Å²) in [5.74, 6) is 0.219. The van der Waals surface area contributed by atoms with Crippen LogP contribution in [-0.4, -0.2) is 31.1 Å². The van der Waals surface area contributed by atoms with Crippen molar-refractivity contribution >= 4 is 33.5 Å². The van der Waals surface area contributed by atoms with Gasteiger partial charge in [0.25, 0.3) is 5.91 Å². The van der Waals surface area contributed by atoms with Gasteiger partial charge in [0.1, 0.15) is 0 Å². The summed E-state index contributed by atoms with van der Waals surface area (Å²) in [5.41, 5.74) is 1.43. The van der Waals surface area contributed by atoms with Crippen molar-refractivity contribution in [1.29, 1.82) is 0 Å². The fourth-order valence-corrected chi connectivity index (χ4v) is 2.96. The molecular formula is C19H20BrN3O2. The molecule has 0 bridgehead atoms. The third-order valence-electron chi connectivity index (χ3n) is 3.83. The first-order valence-electron chi connectivity index (χ1n) is 8.26. The van der Waals surface area contributed by atoms with Crippen molar-refractivity contribution in [3.8, 4) is 0 Å². The van der Waals surface area contributed by atoms with Crippen molar-refractivity contribution in [3.63, 3.8) is 0 Å². The lowest BCUT2D eigenvalue weighted by Gasteiger charge is -2.13. The van der Waals surface area contributed by atoms with Crippen LogP contribution >= 0.6 is 15.9 Å². The smallest absolute Gasteiger partial charge is 0.257 e. The number of amides is 1. The molecule has 1 amide bonds. The molecule has 2 aromatic carbocycles. The fraction of sp³-hybridized carbons (Fsp3) is 0.263. The minimum Gasteiger partial charge on any atom is -0.376 e. The molecule has 1 saturated heterocycles. The third-order valence-corrected chi connectivity index (χ3v) is 4.33. The maximum atomic E-state index is 12.4. The highest BCUT2D eigenvalue weighted by Gasteiger charge is 2.16. The van der Waals surface area contributed by atoms with Crippen LogP contribution in [0.5, 0.6) is 0 Å². The van der Waals surface area contributed by atoms with Crippen LogP contribution in [0.2, 0.25) is 0 Å². The van der Waals surface area contributed by atoms with Crippen LogP contribution in [0.15, 0.2) is 64.1 Å². The largest absolute Gasteiger partial charge is 0.376 e. The van der Waals surface area contributed by atoms with Crippen LogP contribution in [0.4, 0.5) is 5.69 Å². The number of benzene rings is 2. The van der Waals surface area contributed by atoms with Crippen LogP contribution in [0, 0.1) is 0 Å². The summed E-state index contributed by atoms with van der Waals surface area (Å²) >= 11 is 3.45. The number of halogens is 1. The van der Waals surface area contributed by atoms with Gasteiger partial charge in [-0.2, -0.15) is 0 Å². The minimum atomic E-state index is -0.200. The van der Waals surface area contributed by atoms with Crippen LogP contribution in [0.3, 0.4) is 0 Å². The van der Waals surface area contributed by atoms with Gasteiger partial charge in [0, 0.05) is 22.3 Å². The zero-order chi connectivity index (χ0) is 17.5. The molecule has 1 fully saturated rings. The van der Waals surface area contributed by atoms with E-state index in [1.807, 2.05) is 42.5 Å². The van der Waals surface area contributed by atoms with Crippen molar-refractivity contribution in [2.24, 2.45) is 4.99 Å². The van der Waals surface area contributed by atoms with E-state index in [4.69, 9.17) is 4.74 Å². The Kier molecular flexibility index (Phi) is 6.19. The van der Waals surface area contributed by atoms with Crippen LogP contribution in [0.25, 0.3) is 0 Å². The summed E-state index contributed by atoms with van der Waals surface area (Å²) in [6.45, 7) is 1.30. The van der Waals surface area contributed by atoms with E-state index in [9.17, 15) is 4.79 Å². The maximum absolute atomic E-state index is 12.4. The molecule has 1 heterocycles. The molecule has 0 saturated carbocycles. The number of rotatable bonds is 4. The Hall–Kier alpha value is -2.18. The molecule has 25 heavy (non-hydrogen) atoms. The first-order valence-corrected chi connectivity index (χ1v) is 9.05. The highest BCUT2D eigenvalue weighted by atomic mass is 79.9. The SMILES string of the molecule is O=C(NC(=NC[C@H]1CCCO1)Nc1cccc(Br)c1)c1ccccc1. The number of aliphatic imine (C=N–C) groups is 1. The predicted molar refractivity (Wildman–Crippen MR) is 103 cm³/mol. The number of carbonyl (C=O) groups excluding carboxylic acids is 1. The molecule has 1 atom stereocenters. The van der Waals surface area contributed by atoms with Crippen molar-refractivity contribution in [3.05, 3.63) is 64.6 Å². The van der Waals surface area contributed by atoms with E-state index in [2.05, 4.69) is 31.6 Å². The molecule has 1 aliphatic heterocycles. The van der Waals surface area contributed by atoms with E-state index in [-0.39, 0.29) is 12.0 Å². The van der Waals surface area contributed by atoms with Gasteiger partial charge in [-0.05, 0) is 43.2 Å². The van der Waals surface area contributed by atoms with Gasteiger partial charge >= 0.3 is 0 Å². The molecule has 0 spiro atoms. The Morgan fingerprint density at radius 1 is 1.20 bits per heavy atom. The number of nitrogens with zero attached hydrogens (tertiary/aromatic N) is 1. The van der Waals surface area contributed by atoms with E-state index in [0.29, 0.717) is 18.1 Å². The molecule has 6 heteroatoms. The number of guanidine groups is 1. The van der Waals surface area contributed by atoms with Gasteiger partial charge in [-0.1, -0.05) is 40.2 Å². The van der Waals surface area contributed by atoms with E-state index in [1.165, 1.54) is 0 Å². The van der Waals surface area contributed by atoms with Crippen molar-refractivity contribution in [2.45, 2.75) is 18.9 Å². The predicted octanol–water partition coefficient (Wildman–Crippen LogP) is 3.83. The lowest BCUT2D eigenvalue weighted by molar-refractivity contribution is 0.0975. The Balaban J connectivity index is 1.73. The van der Waals surface area contributed by atoms with E-state index >= 15 is 0 Å². The van der Waals surface area contributed by atoms with E-state index in [0.717, 1.165) is 29.6 Å². The van der Waals surface area contributed by atoms with Gasteiger partial charge < -0.3 is 10.1 Å². The second-order valence-corrected chi connectivity index (χ2v) is 6.70. The average Bonchev–Trinajstić information content (AvgIpc) is 3.14. The summed E-state index contributed by atoms with van der Waals surface area (Å²) in [6.07, 6.45) is 2.18. The maximum Gasteiger partial charge on any atom is 0.257 e. The molecule has 1 aliphatic rings. The molecule has 0 aromatic heterocycles. The second kappa shape index (κ2) is 8.78. The normalized spacial score (nSPS) is 17.3. The molecule has 0 unspecified atom stereocenters. The molecule has 0 aliphatic carbocycles. The first kappa shape index (κ1) is 17.6. The lowest BCUT2D eigenvalue weighted by Crippen LogP contribution is -2.36. The molecule has 5 nitrogen and oxygen atoms in total. The number of anilines is 1. The number of carbonyl (C=O) groups is 1. The van der Waals surface area contributed by atoms with Gasteiger partial charge in [0.05, 0.1) is 12.6 Å². The number of hydrogen-bond acceptors (Lipinski definition) is 3. The highest BCUT2D eigenvalue weighted by molar-refractivity contribution is 9.10. The Morgan fingerprint density at radius 2 is 2.04 bits per heavy atom. The summed E-state index contributed by atoms with van der Waals surface area (Å²) in [4.78, 5) is 17.0. The third kappa shape index (κ3) is 5.41. The summed E-state index contributed by atoms with van der Waals surface area (Å²) in [7, 11) is 0. The average molecular weight is 402 g/mol. The van der Waals surface area contributed by atoms with Crippen LogP contribution in [-0.2, 0) is 4.74 Å². The topological polar surface area (TPSA) is 62.7 Å². The van der Waals surface area contributed by atoms with E-state index in [1.54, 1.807) is 12.1 Å². The molecule has 0 radical (unpaired) electrons. The molecule has 2 N–H and O–H groups in total. The summed E-state index contributed by atoms with van der Waals surface area (Å²) in [5, 5.41) is 6.03. The number of nitrogens with one attached hydrogen (secondary N) is 2. The summed E-state index contributed by atoms with van der Waals surface area (Å²) in [6, 6.07) is 16.8. The van der Waals surface area contributed by atoms with E-state index < -0.39 is 0 Å². The van der Waals surface area contributed by atoms with Crippen LogP contribution < -0.4 is 10.6 Å². The Labute approximate surface area is 155 Å². The van der Waals surface area contributed by atoms with Crippen molar-refractivity contribution in [2.75, 3.05) is 18.5 Å². The van der Waals surface area contributed by atoms with Crippen molar-refractivity contribution < 1.29 is 9.53 Å². The minimum absolute atomic E-state index is 0.118. The molecular weight excluding hydrogens is 382 g/mol. The highest BCUT2D eigenvalue weighted by Crippen LogP contribution is 2.16. The molecule has 2 aromatic rings. The second-order valence-electron chi connectivity index (χ2n) is 5.78. The quantitative estimate of drug-likeness (QED) is 0.604. The first-order chi connectivity index (χ1) is 12.2. The van der Waals surface area contributed by atoms with Gasteiger partial charge in [-0.3, -0.25) is 10.1 Å². The zero-order valence-corrected chi connectivity index (χ0v) is 15.3. The molecule has 3 rings (SSSR count). The van der Waals surface area contributed by atoms with Gasteiger partial charge in [0.2, 0.25) is 5.96 Å². The number of ether oxygens (including phenoxy) is 1. The van der Waals surface area contributed by atoms with Gasteiger partial charge in [-0.25, -0.2) is 4.99 Å². The van der Waals surface area contributed by atoms with Crippen molar-refractivity contribution in [1.82, 2.24) is 5.32 Å². The fourth-order valence-electron chi connectivity index (χ4n) is 2.56. The number of hydrogen-bond donors (Lipinski definition) is 2. The Morgan fingerprint density at radius 3 is 2.76 bits per heavy atom. The van der Waals surface area contributed by atoms with Gasteiger partial charge in [-0.15, -0.1) is 0 Å². The van der Waals surface area contributed by atoms with Crippen LogP contribution in [0.1, 0.15) is 23.2 Å². The Bertz CT molecular complexity index is 743. The summed E-state index contributed by atoms with van der Waals surface area (Å²) < 4.78 is 6.56. The van der Waals surface area contributed by atoms with Gasteiger partial charge in [0.15, 0.2) is 0 Å². The zero-order valence-electron chi connectivity index (χ0n) is 13.7. The monoisotopic (exact) mass is 401 g/mol. The lowest BCUT2D eigenvalue weighted by atomic mass is 10.2. The molecule has 130 valence electrons.